The molecule has 5 rings (SSSR count). The average Bonchev–Trinajstić information content (AvgIpc) is 3.38. The van der Waals surface area contributed by atoms with Crippen LogP contribution in [0, 0.1) is 13.8 Å². The van der Waals surface area contributed by atoms with Gasteiger partial charge in [-0.1, -0.05) is 47.5 Å². The predicted molar refractivity (Wildman–Crippen MR) is 136 cm³/mol. The molecular formula is C27H27N3O3S. The number of benzene rings is 3. The molecule has 2 aliphatic heterocycles. The summed E-state index contributed by atoms with van der Waals surface area (Å²) in [6.07, 6.45) is 0. The fourth-order valence-corrected chi connectivity index (χ4v) is 6.12. The Kier molecular flexibility index (Phi) is 5.73. The molecule has 1 spiro atoms. The number of hydrogen-bond acceptors (Lipinski definition) is 4. The number of methoxy groups -OCH3 is 1. The molecule has 0 saturated carbocycles. The molecule has 6 nitrogen and oxygen atoms in total. The summed E-state index contributed by atoms with van der Waals surface area (Å²) in [6.45, 7) is 4.92. The maximum atomic E-state index is 14.1. The van der Waals surface area contributed by atoms with Gasteiger partial charge in [0.1, 0.15) is 5.75 Å². The van der Waals surface area contributed by atoms with Crippen LogP contribution in [0.5, 0.6) is 5.75 Å². The third-order valence-corrected chi connectivity index (χ3v) is 7.79. The van der Waals surface area contributed by atoms with Crippen molar-refractivity contribution in [3.8, 4) is 5.75 Å². The van der Waals surface area contributed by atoms with E-state index in [0.29, 0.717) is 24.5 Å². The molecule has 1 saturated heterocycles. The van der Waals surface area contributed by atoms with Gasteiger partial charge in [-0.2, -0.15) is 0 Å². The number of hydrogen-bond donors (Lipinski definition) is 1. The maximum Gasteiger partial charge on any atom is 0.323 e. The van der Waals surface area contributed by atoms with E-state index in [1.165, 1.54) is 11.8 Å². The molecule has 1 atom stereocenters. The summed E-state index contributed by atoms with van der Waals surface area (Å²) < 4.78 is 5.37. The van der Waals surface area contributed by atoms with Crippen LogP contribution in [0.4, 0.5) is 16.2 Å². The summed E-state index contributed by atoms with van der Waals surface area (Å²) in [5, 5.41) is 2.99. The van der Waals surface area contributed by atoms with Crippen LogP contribution in [-0.4, -0.2) is 36.2 Å². The first-order chi connectivity index (χ1) is 16.4. The summed E-state index contributed by atoms with van der Waals surface area (Å²) in [5.41, 5.74) is 5.58. The third kappa shape index (κ3) is 3.70. The summed E-state index contributed by atoms with van der Waals surface area (Å²) in [7, 11) is 1.63. The Hall–Kier alpha value is -3.45. The highest BCUT2D eigenvalue weighted by atomic mass is 32.2. The number of ether oxygens (including phenoxy) is 1. The minimum atomic E-state index is -1.07. The molecule has 34 heavy (non-hydrogen) atoms. The van der Waals surface area contributed by atoms with Gasteiger partial charge in [-0.3, -0.25) is 9.69 Å². The fraction of sp³-hybridized carbons (Fsp3) is 0.259. The molecule has 1 fully saturated rings. The topological polar surface area (TPSA) is 61.9 Å². The van der Waals surface area contributed by atoms with E-state index in [-0.39, 0.29) is 11.9 Å². The number of thioether (sulfide) groups is 1. The number of carbonyl (C=O) groups excluding carboxylic acids is 2. The molecule has 0 aliphatic carbocycles. The van der Waals surface area contributed by atoms with Gasteiger partial charge >= 0.3 is 6.03 Å². The Morgan fingerprint density at radius 1 is 1.06 bits per heavy atom. The Labute approximate surface area is 203 Å². The van der Waals surface area contributed by atoms with Crippen molar-refractivity contribution in [2.75, 3.05) is 29.6 Å². The molecule has 3 aromatic rings. The first kappa shape index (κ1) is 22.3. The zero-order valence-electron chi connectivity index (χ0n) is 19.5. The van der Waals surface area contributed by atoms with Gasteiger partial charge in [0.25, 0.3) is 5.91 Å². The quantitative estimate of drug-likeness (QED) is 0.559. The van der Waals surface area contributed by atoms with E-state index < -0.39 is 4.87 Å². The Balaban J connectivity index is 1.52. The van der Waals surface area contributed by atoms with Crippen LogP contribution in [0.15, 0.2) is 66.7 Å². The number of nitrogens with zero attached hydrogens (tertiary/aromatic N) is 2. The number of nitrogens with one attached hydrogen (secondary N) is 1. The number of anilines is 2. The Bertz CT molecular complexity index is 1260. The van der Waals surface area contributed by atoms with Gasteiger partial charge in [0.05, 0.1) is 19.3 Å². The smallest absolute Gasteiger partial charge is 0.323 e. The number of carbonyl (C=O) groups is 2. The van der Waals surface area contributed by atoms with Crippen LogP contribution in [0.25, 0.3) is 0 Å². The zero-order chi connectivity index (χ0) is 23.9. The molecule has 0 radical (unpaired) electrons. The number of aryl methyl sites for hydroxylation is 2. The predicted octanol–water partition coefficient (Wildman–Crippen LogP) is 5.29. The molecule has 174 valence electrons. The van der Waals surface area contributed by atoms with E-state index in [4.69, 9.17) is 4.74 Å². The largest absolute Gasteiger partial charge is 0.497 e. The van der Waals surface area contributed by atoms with E-state index >= 15 is 0 Å². The summed E-state index contributed by atoms with van der Waals surface area (Å²) in [5.74, 6) is 1.35. The molecule has 1 N–H and O–H groups in total. The van der Waals surface area contributed by atoms with E-state index in [1.54, 1.807) is 16.9 Å². The van der Waals surface area contributed by atoms with Crippen molar-refractivity contribution in [3.63, 3.8) is 0 Å². The standard InChI is InChI=1S/C27H27N3O3S/c1-18-7-10-21(11-8-18)28-26(32)30-13-14-34-27(30)23-15-19(2)9-12-24(23)29(25(27)31)17-20-5-4-6-22(16-20)33-3/h4-12,15-16H,13-14,17H2,1-3H3,(H,28,32)/t27-/m1/s1. The molecule has 2 heterocycles. The molecule has 3 aromatic carbocycles. The number of amides is 3. The average molecular weight is 474 g/mol. The lowest BCUT2D eigenvalue weighted by Gasteiger charge is -2.33. The first-order valence-corrected chi connectivity index (χ1v) is 12.3. The third-order valence-electron chi connectivity index (χ3n) is 6.37. The normalized spacial score (nSPS) is 19.0. The van der Waals surface area contributed by atoms with E-state index in [0.717, 1.165) is 33.7 Å². The van der Waals surface area contributed by atoms with Crippen molar-refractivity contribution < 1.29 is 14.3 Å². The van der Waals surface area contributed by atoms with Crippen molar-refractivity contribution in [3.05, 3.63) is 89.0 Å². The first-order valence-electron chi connectivity index (χ1n) is 11.3. The molecule has 0 unspecified atom stereocenters. The van der Waals surface area contributed by atoms with E-state index in [9.17, 15) is 9.59 Å². The second-order valence-electron chi connectivity index (χ2n) is 8.70. The van der Waals surface area contributed by atoms with Crippen molar-refractivity contribution in [1.29, 1.82) is 0 Å². The van der Waals surface area contributed by atoms with Crippen LogP contribution in [-0.2, 0) is 16.2 Å². The van der Waals surface area contributed by atoms with Crippen LogP contribution in [0.3, 0.4) is 0 Å². The van der Waals surface area contributed by atoms with Gasteiger partial charge in [0.15, 0.2) is 4.87 Å². The van der Waals surface area contributed by atoms with Crippen molar-refractivity contribution in [2.24, 2.45) is 0 Å². The van der Waals surface area contributed by atoms with Gasteiger partial charge in [-0.15, -0.1) is 11.8 Å². The Morgan fingerprint density at radius 3 is 2.59 bits per heavy atom. The second kappa shape index (κ2) is 8.72. The van der Waals surface area contributed by atoms with Gasteiger partial charge in [0.2, 0.25) is 0 Å². The maximum absolute atomic E-state index is 14.1. The van der Waals surface area contributed by atoms with Crippen LogP contribution in [0.2, 0.25) is 0 Å². The van der Waals surface area contributed by atoms with Crippen molar-refractivity contribution >= 4 is 35.1 Å². The van der Waals surface area contributed by atoms with Crippen LogP contribution in [0.1, 0.15) is 22.3 Å². The lowest BCUT2D eigenvalue weighted by atomic mass is 10.0. The van der Waals surface area contributed by atoms with Gasteiger partial charge in [-0.05, 0) is 49.7 Å². The number of fused-ring (bicyclic) bond motifs is 2. The van der Waals surface area contributed by atoms with Crippen LogP contribution < -0.4 is 15.0 Å². The van der Waals surface area contributed by atoms with Crippen LogP contribution >= 0.6 is 11.8 Å². The summed E-state index contributed by atoms with van der Waals surface area (Å²) in [6, 6.07) is 21.2. The monoisotopic (exact) mass is 473 g/mol. The minimum absolute atomic E-state index is 0.0857. The number of rotatable bonds is 4. The molecule has 0 bridgehead atoms. The molecule has 2 aliphatic rings. The van der Waals surface area contributed by atoms with Crippen molar-refractivity contribution in [1.82, 2.24) is 4.90 Å². The van der Waals surface area contributed by atoms with E-state index in [2.05, 4.69) is 5.32 Å². The highest BCUT2D eigenvalue weighted by molar-refractivity contribution is 8.01. The SMILES string of the molecule is COc1cccc(CN2C(=O)[C@]3(SCCN3C(=O)Nc3ccc(C)cc3)c3cc(C)ccc32)c1. The molecule has 0 aromatic heterocycles. The molecular weight excluding hydrogens is 446 g/mol. The molecule has 7 heteroatoms. The lowest BCUT2D eigenvalue weighted by molar-refractivity contribution is -0.123. The zero-order valence-corrected chi connectivity index (χ0v) is 20.3. The Morgan fingerprint density at radius 2 is 1.82 bits per heavy atom. The van der Waals surface area contributed by atoms with Crippen molar-refractivity contribution in [2.45, 2.75) is 25.3 Å². The minimum Gasteiger partial charge on any atom is -0.497 e. The fourth-order valence-electron chi connectivity index (χ4n) is 4.67. The summed E-state index contributed by atoms with van der Waals surface area (Å²) in [4.78, 5) is 30.0. The number of urea groups is 1. The highest BCUT2D eigenvalue weighted by Gasteiger charge is 2.59. The second-order valence-corrected chi connectivity index (χ2v) is 9.99. The van der Waals surface area contributed by atoms with E-state index in [1.807, 2.05) is 80.6 Å². The van der Waals surface area contributed by atoms with Gasteiger partial charge in [-0.25, -0.2) is 4.79 Å². The lowest BCUT2D eigenvalue weighted by Crippen LogP contribution is -2.51. The van der Waals surface area contributed by atoms with Gasteiger partial charge in [0, 0.05) is 23.5 Å². The summed E-state index contributed by atoms with van der Waals surface area (Å²) >= 11 is 1.53. The molecule has 3 amide bonds. The highest BCUT2D eigenvalue weighted by Crippen LogP contribution is 2.54. The van der Waals surface area contributed by atoms with Gasteiger partial charge < -0.3 is 15.0 Å².